The van der Waals surface area contributed by atoms with Gasteiger partial charge in [-0.05, 0) is 6.07 Å². The minimum atomic E-state index is -5.00. The Hall–Kier alpha value is -2.53. The molecule has 29 heavy (non-hydrogen) atoms. The monoisotopic (exact) mass is 458 g/mol. The molecule has 1 aromatic heterocycles. The van der Waals surface area contributed by atoms with Crippen LogP contribution in [0.15, 0.2) is 27.8 Å². The summed E-state index contributed by atoms with van der Waals surface area (Å²) in [5.74, 6) is -3.34. The number of carboxylic acid groups (broad SMARTS) is 1. The Labute approximate surface area is 169 Å². The summed E-state index contributed by atoms with van der Waals surface area (Å²) >= 11 is 11.6. The molecule has 0 fully saturated rings. The van der Waals surface area contributed by atoms with E-state index in [1.165, 1.54) is 6.92 Å². The van der Waals surface area contributed by atoms with Crippen molar-refractivity contribution in [2.45, 2.75) is 24.6 Å². The van der Waals surface area contributed by atoms with Crippen molar-refractivity contribution >= 4 is 29.2 Å². The van der Waals surface area contributed by atoms with E-state index in [1.54, 1.807) is 0 Å². The largest absolute Gasteiger partial charge is 0.477 e. The van der Waals surface area contributed by atoms with Gasteiger partial charge in [0, 0.05) is 25.6 Å². The standard InChI is InChI=1S/C16H12Cl2F4N2O5/c1-3-15(18,13(26)27)29-10-5-9(8(19)4-7(10)17)24-12(25)6-11(16(20,21)22)23(2)14(24)28/h4-6H,3H2,1-2H3,(H,26,27). The molecule has 7 nitrogen and oxygen atoms in total. The van der Waals surface area contributed by atoms with Crippen LogP contribution in [0.2, 0.25) is 5.02 Å². The average molecular weight is 459 g/mol. The van der Waals surface area contributed by atoms with Gasteiger partial charge in [0.1, 0.15) is 17.3 Å². The fraction of sp³-hybridized carbons (Fsp3) is 0.312. The molecule has 0 aliphatic carbocycles. The predicted octanol–water partition coefficient (Wildman–Crippen LogP) is 3.16. The van der Waals surface area contributed by atoms with Crippen molar-refractivity contribution in [3.05, 3.63) is 55.6 Å². The fourth-order valence-corrected chi connectivity index (χ4v) is 2.60. The molecule has 0 aliphatic rings. The highest BCUT2D eigenvalue weighted by Crippen LogP contribution is 2.34. The highest BCUT2D eigenvalue weighted by Gasteiger charge is 2.38. The molecule has 0 saturated heterocycles. The number of alkyl halides is 4. The molecule has 0 bridgehead atoms. The van der Waals surface area contributed by atoms with E-state index in [9.17, 15) is 31.9 Å². The first kappa shape index (κ1) is 22.8. The van der Waals surface area contributed by atoms with Crippen LogP contribution in [0.4, 0.5) is 17.6 Å². The molecule has 0 saturated carbocycles. The number of hydrogen-bond acceptors (Lipinski definition) is 4. The zero-order chi connectivity index (χ0) is 22.3. The molecule has 2 rings (SSSR count). The Kier molecular flexibility index (Phi) is 6.05. The molecule has 2 aromatic rings. The summed E-state index contributed by atoms with van der Waals surface area (Å²) < 4.78 is 58.6. The lowest BCUT2D eigenvalue weighted by molar-refractivity contribution is -0.148. The first-order chi connectivity index (χ1) is 13.2. The van der Waals surface area contributed by atoms with Crippen molar-refractivity contribution in [3.8, 4) is 11.4 Å². The van der Waals surface area contributed by atoms with Crippen molar-refractivity contribution in [3.63, 3.8) is 0 Å². The maximum absolute atomic E-state index is 14.4. The Morgan fingerprint density at radius 2 is 1.83 bits per heavy atom. The number of aromatic nitrogens is 2. The first-order valence-electron chi connectivity index (χ1n) is 7.74. The summed E-state index contributed by atoms with van der Waals surface area (Å²) in [6.07, 6.45) is -5.26. The van der Waals surface area contributed by atoms with Crippen LogP contribution in [0.3, 0.4) is 0 Å². The minimum absolute atomic E-state index is 0.116. The molecule has 1 N–H and O–H groups in total. The van der Waals surface area contributed by atoms with E-state index in [-0.39, 0.29) is 21.6 Å². The highest BCUT2D eigenvalue weighted by atomic mass is 35.5. The molecule has 13 heteroatoms. The number of halogens is 6. The number of aliphatic carboxylic acids is 1. The van der Waals surface area contributed by atoms with Gasteiger partial charge in [-0.15, -0.1) is 0 Å². The van der Waals surface area contributed by atoms with E-state index in [4.69, 9.17) is 33.0 Å². The number of rotatable bonds is 5. The molecular formula is C16H12Cl2F4N2O5. The number of benzene rings is 1. The highest BCUT2D eigenvalue weighted by molar-refractivity contribution is 6.34. The van der Waals surface area contributed by atoms with Gasteiger partial charge in [0.05, 0.1) is 10.7 Å². The molecule has 1 atom stereocenters. The minimum Gasteiger partial charge on any atom is -0.477 e. The SMILES string of the molecule is CCC(Cl)(Oc1cc(-n2c(=O)cc(C(F)(F)F)n(C)c2=O)c(F)cc1Cl)C(=O)O. The topological polar surface area (TPSA) is 90.5 Å². The van der Waals surface area contributed by atoms with E-state index < -0.39 is 56.4 Å². The zero-order valence-corrected chi connectivity index (χ0v) is 16.2. The quantitative estimate of drug-likeness (QED) is 0.548. The van der Waals surface area contributed by atoms with Crippen LogP contribution in [-0.4, -0.2) is 25.3 Å². The molecule has 0 aliphatic heterocycles. The van der Waals surface area contributed by atoms with Gasteiger partial charge in [-0.25, -0.2) is 18.5 Å². The van der Waals surface area contributed by atoms with E-state index in [0.29, 0.717) is 12.1 Å². The third-order valence-electron chi connectivity index (χ3n) is 3.90. The van der Waals surface area contributed by atoms with Crippen molar-refractivity contribution in [2.75, 3.05) is 0 Å². The summed E-state index contributed by atoms with van der Waals surface area (Å²) in [5, 5.41) is 6.43. The molecule has 0 spiro atoms. The molecule has 1 aromatic carbocycles. The van der Waals surface area contributed by atoms with Gasteiger partial charge in [0.2, 0.25) is 0 Å². The number of hydrogen-bond donors (Lipinski definition) is 1. The van der Waals surface area contributed by atoms with Crippen LogP contribution in [0.1, 0.15) is 19.0 Å². The fourth-order valence-electron chi connectivity index (χ4n) is 2.33. The second kappa shape index (κ2) is 7.71. The lowest BCUT2D eigenvalue weighted by atomic mass is 10.2. The Balaban J connectivity index is 2.75. The number of carbonyl (C=O) groups is 1. The molecule has 1 unspecified atom stereocenters. The van der Waals surface area contributed by atoms with Crippen LogP contribution in [0.25, 0.3) is 5.69 Å². The van der Waals surface area contributed by atoms with E-state index in [0.717, 1.165) is 7.05 Å². The smallest absolute Gasteiger partial charge is 0.431 e. The van der Waals surface area contributed by atoms with Crippen LogP contribution < -0.4 is 16.0 Å². The molecule has 1 heterocycles. The number of carboxylic acids is 1. The van der Waals surface area contributed by atoms with Crippen molar-refractivity contribution in [2.24, 2.45) is 7.05 Å². The first-order valence-corrected chi connectivity index (χ1v) is 8.49. The number of nitrogens with zero attached hydrogens (tertiary/aromatic N) is 2. The van der Waals surface area contributed by atoms with E-state index in [2.05, 4.69) is 0 Å². The van der Waals surface area contributed by atoms with E-state index >= 15 is 0 Å². The molecule has 0 amide bonds. The summed E-state index contributed by atoms with van der Waals surface area (Å²) in [5.41, 5.74) is -5.31. The third-order valence-corrected chi connectivity index (χ3v) is 4.70. The van der Waals surface area contributed by atoms with Gasteiger partial charge < -0.3 is 9.84 Å². The van der Waals surface area contributed by atoms with Crippen molar-refractivity contribution in [1.82, 2.24) is 9.13 Å². The maximum atomic E-state index is 14.4. The predicted molar refractivity (Wildman–Crippen MR) is 94.4 cm³/mol. The molecule has 0 radical (unpaired) electrons. The van der Waals surface area contributed by atoms with Crippen molar-refractivity contribution < 1.29 is 32.2 Å². The van der Waals surface area contributed by atoms with Crippen molar-refractivity contribution in [1.29, 1.82) is 0 Å². The maximum Gasteiger partial charge on any atom is 0.431 e. The van der Waals surface area contributed by atoms with Gasteiger partial charge in [-0.1, -0.05) is 30.1 Å². The van der Waals surface area contributed by atoms with Crippen LogP contribution in [0.5, 0.6) is 5.75 Å². The summed E-state index contributed by atoms with van der Waals surface area (Å²) in [7, 11) is 0.748. The van der Waals surface area contributed by atoms with Crippen LogP contribution >= 0.6 is 23.2 Å². The van der Waals surface area contributed by atoms with Gasteiger partial charge in [0.25, 0.3) is 10.6 Å². The third kappa shape index (κ3) is 4.25. The summed E-state index contributed by atoms with van der Waals surface area (Å²) in [4.78, 5) is 35.8. The summed E-state index contributed by atoms with van der Waals surface area (Å²) in [6.45, 7) is 1.37. The van der Waals surface area contributed by atoms with E-state index in [1.807, 2.05) is 0 Å². The van der Waals surface area contributed by atoms with Gasteiger partial charge in [-0.2, -0.15) is 13.2 Å². The Bertz CT molecular complexity index is 1100. The molecule has 158 valence electrons. The Morgan fingerprint density at radius 3 is 2.31 bits per heavy atom. The normalized spacial score (nSPS) is 13.8. The van der Waals surface area contributed by atoms with Gasteiger partial charge in [-0.3, -0.25) is 9.36 Å². The second-order valence-electron chi connectivity index (χ2n) is 5.77. The second-order valence-corrected chi connectivity index (χ2v) is 6.78. The zero-order valence-electron chi connectivity index (χ0n) is 14.7. The summed E-state index contributed by atoms with van der Waals surface area (Å²) in [6, 6.07) is 1.42. The lowest BCUT2D eigenvalue weighted by Gasteiger charge is -2.23. The Morgan fingerprint density at radius 1 is 1.24 bits per heavy atom. The van der Waals surface area contributed by atoms with Gasteiger partial charge >= 0.3 is 17.8 Å². The average Bonchev–Trinajstić information content (AvgIpc) is 2.60. The van der Waals surface area contributed by atoms with Crippen LogP contribution in [0, 0.1) is 5.82 Å². The van der Waals surface area contributed by atoms with Gasteiger partial charge in [0.15, 0.2) is 0 Å². The molecular weight excluding hydrogens is 447 g/mol. The number of ether oxygens (including phenoxy) is 1. The van der Waals surface area contributed by atoms with Crippen LogP contribution in [-0.2, 0) is 18.0 Å². The lowest BCUT2D eigenvalue weighted by Crippen LogP contribution is -2.41.